The molecule has 0 aliphatic carbocycles. The quantitative estimate of drug-likeness (QED) is 0.800. The molecule has 124 valence electrons. The summed E-state index contributed by atoms with van der Waals surface area (Å²) in [5.74, 6) is -0.350. The van der Waals surface area contributed by atoms with Crippen molar-refractivity contribution in [2.24, 2.45) is 4.99 Å². The monoisotopic (exact) mass is 316 g/mol. The minimum absolute atomic E-state index is 0.300. The Kier molecular flexibility index (Phi) is 4.78. The Balaban J connectivity index is 1.68. The Hall–Kier alpha value is -1.72. The lowest BCUT2D eigenvalue weighted by molar-refractivity contribution is -0.162. The molecule has 0 radical (unpaired) electrons. The highest BCUT2D eigenvalue weighted by Crippen LogP contribution is 2.30. The van der Waals surface area contributed by atoms with Gasteiger partial charge in [0.25, 0.3) is 0 Å². The molecule has 0 spiro atoms. The average molecular weight is 316 g/mol. The van der Waals surface area contributed by atoms with Crippen LogP contribution in [0.2, 0.25) is 0 Å². The fourth-order valence-corrected chi connectivity index (χ4v) is 3.27. The summed E-state index contributed by atoms with van der Waals surface area (Å²) in [6.45, 7) is 1.47. The zero-order chi connectivity index (χ0) is 16.3. The first kappa shape index (κ1) is 16.1. The summed E-state index contributed by atoms with van der Waals surface area (Å²) in [5, 5.41) is 0. The maximum absolute atomic E-state index is 12.7. The molecule has 23 heavy (non-hydrogen) atoms. The highest BCUT2D eigenvalue weighted by molar-refractivity contribution is 6.01. The number of nitrogens with zero attached hydrogens (tertiary/aromatic N) is 2. The zero-order valence-corrected chi connectivity index (χ0v) is 13.8. The molecule has 2 unspecified atom stereocenters. The molecule has 0 aromatic heterocycles. The van der Waals surface area contributed by atoms with Gasteiger partial charge >= 0.3 is 5.97 Å². The van der Waals surface area contributed by atoms with Crippen LogP contribution in [0.4, 0.5) is 5.69 Å². The van der Waals surface area contributed by atoms with Crippen LogP contribution in [0.3, 0.4) is 0 Å². The summed E-state index contributed by atoms with van der Waals surface area (Å²) in [5.41, 5.74) is 0.783. The van der Waals surface area contributed by atoms with E-state index >= 15 is 0 Å². The molecule has 1 saturated heterocycles. The molecule has 1 fully saturated rings. The minimum atomic E-state index is -1.11. The number of fused-ring (bicyclic) bond motifs is 1. The van der Waals surface area contributed by atoms with Crippen LogP contribution in [-0.4, -0.2) is 56.0 Å². The molecular formula is C18H24N2O3. The summed E-state index contributed by atoms with van der Waals surface area (Å²) >= 11 is 0. The van der Waals surface area contributed by atoms with Gasteiger partial charge in [-0.2, -0.15) is 0 Å². The Morgan fingerprint density at radius 3 is 3.00 bits per heavy atom. The predicted molar refractivity (Wildman–Crippen MR) is 89.3 cm³/mol. The molecule has 5 heteroatoms. The number of para-hydroxylation sites is 1. The van der Waals surface area contributed by atoms with E-state index in [2.05, 4.69) is 16.9 Å². The molecule has 1 aromatic carbocycles. The van der Waals surface area contributed by atoms with Gasteiger partial charge in [-0.3, -0.25) is 4.99 Å². The van der Waals surface area contributed by atoms with Crippen LogP contribution in [-0.2, 0) is 20.7 Å². The average Bonchev–Trinajstić information content (AvgIpc) is 2.60. The van der Waals surface area contributed by atoms with E-state index in [0.717, 1.165) is 24.2 Å². The van der Waals surface area contributed by atoms with Gasteiger partial charge < -0.3 is 14.4 Å². The van der Waals surface area contributed by atoms with E-state index in [1.54, 1.807) is 6.21 Å². The number of likely N-dealkylation sites (tertiary alicyclic amines) is 1. The van der Waals surface area contributed by atoms with Crippen molar-refractivity contribution in [3.05, 3.63) is 29.8 Å². The number of piperidine rings is 1. The standard InChI is InChI=1S/C18H24N2O3/c1-20-10-6-5-8-15(20)12-23-17(21)18(22-2)11-14-7-3-4-9-16(14)19-13-18/h3-4,7,9,13,15H,5-6,8,10-12H2,1-2H3. The van der Waals surface area contributed by atoms with Gasteiger partial charge in [0.1, 0.15) is 6.61 Å². The van der Waals surface area contributed by atoms with E-state index in [9.17, 15) is 4.79 Å². The first-order chi connectivity index (χ1) is 11.1. The number of rotatable bonds is 4. The second-order valence-electron chi connectivity index (χ2n) is 6.39. The van der Waals surface area contributed by atoms with Crippen molar-refractivity contribution in [3.8, 4) is 0 Å². The molecule has 3 rings (SSSR count). The molecule has 1 aromatic rings. The molecule has 0 saturated carbocycles. The van der Waals surface area contributed by atoms with E-state index < -0.39 is 5.60 Å². The van der Waals surface area contributed by atoms with E-state index in [0.29, 0.717) is 19.1 Å². The molecule has 2 heterocycles. The van der Waals surface area contributed by atoms with Crippen molar-refractivity contribution in [2.75, 3.05) is 27.3 Å². The molecular weight excluding hydrogens is 292 g/mol. The Labute approximate surface area is 137 Å². The summed E-state index contributed by atoms with van der Waals surface area (Å²) in [4.78, 5) is 19.3. The maximum Gasteiger partial charge on any atom is 0.344 e. The second-order valence-corrected chi connectivity index (χ2v) is 6.39. The highest BCUT2D eigenvalue weighted by atomic mass is 16.6. The van der Waals surface area contributed by atoms with Crippen LogP contribution < -0.4 is 0 Å². The number of carbonyl (C=O) groups excluding carboxylic acids is 1. The van der Waals surface area contributed by atoms with E-state index in [-0.39, 0.29) is 5.97 Å². The van der Waals surface area contributed by atoms with Crippen LogP contribution in [0, 0.1) is 0 Å². The van der Waals surface area contributed by atoms with Crippen LogP contribution in [0.25, 0.3) is 0 Å². The van der Waals surface area contributed by atoms with Crippen LogP contribution in [0.15, 0.2) is 29.3 Å². The largest absolute Gasteiger partial charge is 0.462 e. The van der Waals surface area contributed by atoms with E-state index in [1.807, 2.05) is 24.3 Å². The SMILES string of the molecule is COC1(C(=O)OCC2CCCCN2C)C=Nc2ccccc2C1. The van der Waals surface area contributed by atoms with E-state index in [4.69, 9.17) is 9.47 Å². The van der Waals surface area contributed by atoms with E-state index in [1.165, 1.54) is 20.0 Å². The lowest BCUT2D eigenvalue weighted by Crippen LogP contribution is -2.49. The molecule has 0 N–H and O–H groups in total. The van der Waals surface area contributed by atoms with Gasteiger partial charge in [-0.25, -0.2) is 4.79 Å². The van der Waals surface area contributed by atoms with Crippen molar-refractivity contribution in [3.63, 3.8) is 0 Å². The normalized spacial score (nSPS) is 27.5. The number of methoxy groups -OCH3 is 1. The number of benzene rings is 1. The summed E-state index contributed by atoms with van der Waals surface area (Å²) in [7, 11) is 3.62. The van der Waals surface area contributed by atoms with Gasteiger partial charge in [0.05, 0.1) is 5.69 Å². The summed E-state index contributed by atoms with van der Waals surface area (Å²) < 4.78 is 11.1. The lowest BCUT2D eigenvalue weighted by atomic mass is 9.92. The number of hydrogen-bond acceptors (Lipinski definition) is 5. The number of hydrogen-bond donors (Lipinski definition) is 0. The van der Waals surface area contributed by atoms with Crippen LogP contribution >= 0.6 is 0 Å². The number of carbonyl (C=O) groups is 1. The fraction of sp³-hybridized carbons (Fsp3) is 0.556. The molecule has 2 aliphatic heterocycles. The lowest BCUT2D eigenvalue weighted by Gasteiger charge is -2.34. The molecule has 2 atom stereocenters. The predicted octanol–water partition coefficient (Wildman–Crippen LogP) is 2.36. The van der Waals surface area contributed by atoms with Gasteiger partial charge in [0.2, 0.25) is 5.60 Å². The van der Waals surface area contributed by atoms with Gasteiger partial charge in [0.15, 0.2) is 0 Å². The Morgan fingerprint density at radius 1 is 1.39 bits per heavy atom. The van der Waals surface area contributed by atoms with Crippen molar-refractivity contribution < 1.29 is 14.3 Å². The van der Waals surface area contributed by atoms with Crippen molar-refractivity contribution in [1.82, 2.24) is 4.90 Å². The van der Waals surface area contributed by atoms with Crippen molar-refractivity contribution in [2.45, 2.75) is 37.3 Å². The van der Waals surface area contributed by atoms with Crippen LogP contribution in [0.1, 0.15) is 24.8 Å². The molecule has 2 aliphatic rings. The highest BCUT2D eigenvalue weighted by Gasteiger charge is 2.42. The van der Waals surface area contributed by atoms with Gasteiger partial charge in [0, 0.05) is 25.8 Å². The number of likely N-dealkylation sites (N-methyl/N-ethyl adjacent to an activating group) is 1. The minimum Gasteiger partial charge on any atom is -0.462 e. The van der Waals surface area contributed by atoms with Gasteiger partial charge in [-0.1, -0.05) is 24.6 Å². The smallest absolute Gasteiger partial charge is 0.344 e. The first-order valence-electron chi connectivity index (χ1n) is 8.20. The zero-order valence-electron chi connectivity index (χ0n) is 13.8. The number of esters is 1. The Bertz CT molecular complexity index is 602. The molecule has 5 nitrogen and oxygen atoms in total. The third kappa shape index (κ3) is 3.31. The third-order valence-electron chi connectivity index (χ3n) is 4.89. The second kappa shape index (κ2) is 6.81. The van der Waals surface area contributed by atoms with Crippen LogP contribution in [0.5, 0.6) is 0 Å². The first-order valence-corrected chi connectivity index (χ1v) is 8.20. The fourth-order valence-electron chi connectivity index (χ4n) is 3.27. The third-order valence-corrected chi connectivity index (χ3v) is 4.89. The molecule has 0 amide bonds. The number of ether oxygens (including phenoxy) is 2. The topological polar surface area (TPSA) is 51.1 Å². The maximum atomic E-state index is 12.7. The van der Waals surface area contributed by atoms with Gasteiger partial charge in [-0.05, 0) is 38.1 Å². The summed E-state index contributed by atoms with van der Waals surface area (Å²) in [6.07, 6.45) is 5.52. The number of aliphatic imine (C=N–C) groups is 1. The van der Waals surface area contributed by atoms with Gasteiger partial charge in [-0.15, -0.1) is 0 Å². The summed E-state index contributed by atoms with van der Waals surface area (Å²) in [6, 6.07) is 8.10. The molecule has 0 bridgehead atoms. The van der Waals surface area contributed by atoms with Crippen molar-refractivity contribution >= 4 is 17.9 Å². The van der Waals surface area contributed by atoms with Crippen molar-refractivity contribution in [1.29, 1.82) is 0 Å². The Morgan fingerprint density at radius 2 is 2.22 bits per heavy atom.